The number of pyridine rings is 1. The largest absolute Gasteiger partial charge is 0.379 e. The van der Waals surface area contributed by atoms with Crippen molar-refractivity contribution in [3.05, 3.63) is 119 Å². The van der Waals surface area contributed by atoms with Crippen molar-refractivity contribution in [2.75, 3.05) is 13.2 Å². The van der Waals surface area contributed by atoms with Crippen molar-refractivity contribution in [1.29, 1.82) is 0 Å². The molecule has 0 unspecified atom stereocenters. The molecule has 3 aromatic heterocycles. The summed E-state index contributed by atoms with van der Waals surface area (Å²) in [5.74, 6) is -0.00337. The Balaban J connectivity index is 1.23. The molecule has 6 rings (SSSR count). The Kier molecular flexibility index (Phi) is 6.90. The lowest BCUT2D eigenvalue weighted by atomic mass is 9.75. The minimum Gasteiger partial charge on any atom is -0.379 e. The van der Waals surface area contributed by atoms with E-state index in [0.29, 0.717) is 43.9 Å². The molecule has 2 aromatic carbocycles. The molecule has 5 aromatic rings. The topological polar surface area (TPSA) is 89.9 Å². The number of fused-ring (bicyclic) bond motifs is 1. The zero-order valence-electron chi connectivity index (χ0n) is 21.7. The lowest BCUT2D eigenvalue weighted by Gasteiger charge is -2.42. The number of Topliss-reactive ketones (excluding diaryl/α,β-unsaturated/α-hetero) is 1. The Hall–Kier alpha value is -4.36. The van der Waals surface area contributed by atoms with Crippen molar-refractivity contribution in [2.24, 2.45) is 0 Å². The van der Waals surface area contributed by atoms with Crippen molar-refractivity contribution in [2.45, 2.75) is 37.6 Å². The normalized spacial score (nSPS) is 14.3. The van der Waals surface area contributed by atoms with Gasteiger partial charge >= 0.3 is 0 Å². The summed E-state index contributed by atoms with van der Waals surface area (Å²) in [6.07, 6.45) is 7.45. The summed E-state index contributed by atoms with van der Waals surface area (Å²) in [7, 11) is 0. The van der Waals surface area contributed by atoms with Crippen molar-refractivity contribution in [1.82, 2.24) is 19.5 Å². The Morgan fingerprint density at radius 3 is 2.46 bits per heavy atom. The summed E-state index contributed by atoms with van der Waals surface area (Å²) in [5, 5.41) is 1.02. The first-order chi connectivity index (χ1) is 19.1. The first-order valence-corrected chi connectivity index (χ1v) is 13.3. The molecule has 1 saturated heterocycles. The highest BCUT2D eigenvalue weighted by molar-refractivity contribution is 5.81. The van der Waals surface area contributed by atoms with Gasteiger partial charge in [0, 0.05) is 40.8 Å². The fourth-order valence-corrected chi connectivity index (χ4v) is 5.35. The zero-order valence-corrected chi connectivity index (χ0v) is 21.7. The standard InChI is InChI=1S/C32H30N4O3/c37-27(12-11-26-17-24-18-33-16-14-28(24)35-26)20-36-30(23-7-3-1-4-8-23)19-34-29(31(36)38)13-15-32(21-39-22-32)25-9-5-2-6-10-25/h1-10,14,16-19,35H,11-13,15,20-22H2. The number of aromatic amines is 1. The molecule has 1 fully saturated rings. The van der Waals surface area contributed by atoms with E-state index in [1.165, 1.54) is 5.56 Å². The summed E-state index contributed by atoms with van der Waals surface area (Å²) in [4.78, 5) is 39.0. The average molecular weight is 519 g/mol. The number of carbonyl (C=O) groups excluding carboxylic acids is 1. The Bertz CT molecular complexity index is 1620. The second kappa shape index (κ2) is 10.8. The molecule has 4 heterocycles. The number of benzene rings is 2. The van der Waals surface area contributed by atoms with E-state index in [1.807, 2.05) is 60.7 Å². The van der Waals surface area contributed by atoms with Crippen molar-refractivity contribution >= 4 is 16.7 Å². The van der Waals surface area contributed by atoms with Gasteiger partial charge in [-0.05, 0) is 42.5 Å². The molecule has 1 aliphatic rings. The fraction of sp³-hybridized carbons (Fsp3) is 0.250. The molecule has 0 aliphatic carbocycles. The highest BCUT2D eigenvalue weighted by Gasteiger charge is 2.40. The average Bonchev–Trinajstić information content (AvgIpc) is 3.37. The van der Waals surface area contributed by atoms with Crippen LogP contribution in [0.1, 0.15) is 29.8 Å². The van der Waals surface area contributed by atoms with Gasteiger partial charge in [0.15, 0.2) is 5.78 Å². The maximum Gasteiger partial charge on any atom is 0.273 e. The van der Waals surface area contributed by atoms with E-state index in [4.69, 9.17) is 4.74 Å². The lowest BCUT2D eigenvalue weighted by Crippen LogP contribution is -2.47. The van der Waals surface area contributed by atoms with Crippen LogP contribution in [0.2, 0.25) is 0 Å². The number of ketones is 1. The van der Waals surface area contributed by atoms with Crippen LogP contribution in [0.4, 0.5) is 0 Å². The number of rotatable bonds is 10. The molecule has 0 amide bonds. The Morgan fingerprint density at radius 1 is 0.974 bits per heavy atom. The zero-order chi connectivity index (χ0) is 26.7. The number of hydrogen-bond donors (Lipinski definition) is 1. The van der Waals surface area contributed by atoms with Crippen LogP contribution in [0, 0.1) is 0 Å². The van der Waals surface area contributed by atoms with Crippen LogP contribution < -0.4 is 5.56 Å². The Labute approximate surface area is 226 Å². The van der Waals surface area contributed by atoms with Gasteiger partial charge in [-0.1, -0.05) is 60.7 Å². The Morgan fingerprint density at radius 2 is 1.74 bits per heavy atom. The molecule has 0 radical (unpaired) electrons. The highest BCUT2D eigenvalue weighted by atomic mass is 16.5. The van der Waals surface area contributed by atoms with Crippen LogP contribution >= 0.6 is 0 Å². The maximum atomic E-state index is 13.8. The van der Waals surface area contributed by atoms with Crippen LogP contribution in [-0.4, -0.2) is 38.5 Å². The van der Waals surface area contributed by atoms with Gasteiger partial charge in [-0.15, -0.1) is 0 Å². The molecule has 7 heteroatoms. The molecule has 7 nitrogen and oxygen atoms in total. The molecule has 0 spiro atoms. The number of nitrogens with one attached hydrogen (secondary N) is 1. The SMILES string of the molecule is O=C(CCc1cc2cnccc2[nH]1)Cn1c(-c2ccccc2)cnc(CCC2(c3ccccc3)COC2)c1=O. The molecule has 39 heavy (non-hydrogen) atoms. The molecule has 1 aliphatic heterocycles. The van der Waals surface area contributed by atoms with Gasteiger partial charge in [-0.3, -0.25) is 24.1 Å². The molecule has 0 saturated carbocycles. The highest BCUT2D eigenvalue weighted by Crippen LogP contribution is 2.36. The summed E-state index contributed by atoms with van der Waals surface area (Å²) >= 11 is 0. The number of nitrogens with zero attached hydrogens (tertiary/aromatic N) is 3. The molecule has 1 N–H and O–H groups in total. The minimum atomic E-state index is -0.204. The van der Waals surface area contributed by atoms with Crippen LogP contribution in [0.5, 0.6) is 0 Å². The second-order valence-electron chi connectivity index (χ2n) is 10.3. The van der Waals surface area contributed by atoms with E-state index < -0.39 is 0 Å². The van der Waals surface area contributed by atoms with E-state index in [1.54, 1.807) is 23.2 Å². The fourth-order valence-electron chi connectivity index (χ4n) is 5.35. The monoisotopic (exact) mass is 518 g/mol. The number of aryl methyl sites for hydroxylation is 2. The van der Waals surface area contributed by atoms with Gasteiger partial charge in [-0.25, -0.2) is 0 Å². The summed E-state index contributed by atoms with van der Waals surface area (Å²) in [6.45, 7) is 1.28. The molecule has 196 valence electrons. The van der Waals surface area contributed by atoms with Gasteiger partial charge in [0.05, 0.1) is 31.6 Å². The molecular weight excluding hydrogens is 488 g/mol. The quantitative estimate of drug-likeness (QED) is 0.284. The maximum absolute atomic E-state index is 13.8. The predicted octanol–water partition coefficient (Wildman–Crippen LogP) is 4.89. The number of aromatic nitrogens is 4. The van der Waals surface area contributed by atoms with Gasteiger partial charge < -0.3 is 9.72 Å². The molecular formula is C32H30N4O3. The summed E-state index contributed by atoms with van der Waals surface area (Å²) < 4.78 is 7.19. The predicted molar refractivity (Wildman–Crippen MR) is 151 cm³/mol. The van der Waals surface area contributed by atoms with Crippen LogP contribution in [-0.2, 0) is 34.3 Å². The first-order valence-electron chi connectivity index (χ1n) is 13.3. The third kappa shape index (κ3) is 5.18. The van der Waals surface area contributed by atoms with Crippen LogP contribution in [0.25, 0.3) is 22.2 Å². The lowest BCUT2D eigenvalue weighted by molar-refractivity contribution is -0.119. The molecule has 0 atom stereocenters. The van der Waals surface area contributed by atoms with Crippen molar-refractivity contribution < 1.29 is 9.53 Å². The van der Waals surface area contributed by atoms with Gasteiger partial charge in [0.1, 0.15) is 5.69 Å². The smallest absolute Gasteiger partial charge is 0.273 e. The number of carbonyl (C=O) groups is 1. The van der Waals surface area contributed by atoms with Crippen molar-refractivity contribution in [3.63, 3.8) is 0 Å². The van der Waals surface area contributed by atoms with Gasteiger partial charge in [0.2, 0.25) is 0 Å². The third-order valence-corrected chi connectivity index (χ3v) is 7.66. The first kappa shape index (κ1) is 24.9. The number of ether oxygens (including phenoxy) is 1. The molecule has 0 bridgehead atoms. The second-order valence-corrected chi connectivity index (χ2v) is 10.3. The minimum absolute atomic E-state index is 0.00337. The summed E-state index contributed by atoms with van der Waals surface area (Å²) in [5.41, 5.74) is 4.88. The van der Waals surface area contributed by atoms with E-state index in [-0.39, 0.29) is 23.3 Å². The number of hydrogen-bond acceptors (Lipinski definition) is 5. The van der Waals surface area contributed by atoms with Crippen molar-refractivity contribution in [3.8, 4) is 11.3 Å². The van der Waals surface area contributed by atoms with Gasteiger partial charge in [0.25, 0.3) is 5.56 Å². The van der Waals surface area contributed by atoms with Crippen LogP contribution in [0.3, 0.4) is 0 Å². The van der Waals surface area contributed by atoms with Crippen LogP contribution in [0.15, 0.2) is 96.2 Å². The van der Waals surface area contributed by atoms with E-state index in [2.05, 4.69) is 27.1 Å². The van der Waals surface area contributed by atoms with E-state index >= 15 is 0 Å². The third-order valence-electron chi connectivity index (χ3n) is 7.66. The summed E-state index contributed by atoms with van der Waals surface area (Å²) in [6, 6.07) is 23.9. The van der Waals surface area contributed by atoms with E-state index in [0.717, 1.165) is 28.6 Å². The number of H-pyrrole nitrogens is 1. The van der Waals surface area contributed by atoms with Gasteiger partial charge in [-0.2, -0.15) is 0 Å². The van der Waals surface area contributed by atoms with E-state index in [9.17, 15) is 9.59 Å².